The van der Waals surface area contributed by atoms with Gasteiger partial charge in [-0.15, -0.1) is 12.4 Å². The molecule has 3 N–H and O–H groups in total. The van der Waals surface area contributed by atoms with Crippen molar-refractivity contribution in [2.24, 2.45) is 11.7 Å². The van der Waals surface area contributed by atoms with Crippen molar-refractivity contribution in [1.29, 1.82) is 0 Å². The van der Waals surface area contributed by atoms with E-state index in [9.17, 15) is 9.59 Å². The highest BCUT2D eigenvalue weighted by molar-refractivity contribution is 5.85. The van der Waals surface area contributed by atoms with Crippen LogP contribution < -0.4 is 11.1 Å². The van der Waals surface area contributed by atoms with Gasteiger partial charge in [-0.25, -0.2) is 0 Å². The molecule has 2 rings (SSSR count). The molecule has 0 aromatic rings. The summed E-state index contributed by atoms with van der Waals surface area (Å²) >= 11 is 0. The Morgan fingerprint density at radius 1 is 1.38 bits per heavy atom. The molecule has 0 aromatic carbocycles. The van der Waals surface area contributed by atoms with Gasteiger partial charge in [-0.3, -0.25) is 9.59 Å². The van der Waals surface area contributed by atoms with Gasteiger partial charge in [-0.2, -0.15) is 0 Å². The van der Waals surface area contributed by atoms with E-state index in [-0.39, 0.29) is 36.4 Å². The molecule has 1 unspecified atom stereocenters. The smallest absolute Gasteiger partial charge is 0.223 e. The van der Waals surface area contributed by atoms with E-state index in [1.807, 2.05) is 4.90 Å². The minimum absolute atomic E-state index is 0. The molecule has 7 heteroatoms. The lowest BCUT2D eigenvalue weighted by atomic mass is 9.99. The summed E-state index contributed by atoms with van der Waals surface area (Å²) in [6.07, 6.45) is 3.68. The summed E-state index contributed by atoms with van der Waals surface area (Å²) in [5, 5.41) is 2.73. The average molecular weight is 320 g/mol. The fraction of sp³-hybridized carbons (Fsp3) is 0.857. The van der Waals surface area contributed by atoms with Crippen LogP contribution in [0.3, 0.4) is 0 Å². The second kappa shape index (κ2) is 8.56. The van der Waals surface area contributed by atoms with E-state index < -0.39 is 0 Å². The number of morpholine rings is 1. The fourth-order valence-electron chi connectivity index (χ4n) is 3.00. The number of ether oxygens (including phenoxy) is 1. The second-order valence-electron chi connectivity index (χ2n) is 5.83. The van der Waals surface area contributed by atoms with Crippen LogP contribution in [0.1, 0.15) is 32.6 Å². The molecule has 0 aromatic heterocycles. The number of halogens is 1. The number of nitrogens with two attached hydrogens (primary N) is 1. The van der Waals surface area contributed by atoms with Crippen LogP contribution in [0.25, 0.3) is 0 Å². The summed E-state index contributed by atoms with van der Waals surface area (Å²) in [5.41, 5.74) is 6.02. The molecule has 1 saturated carbocycles. The van der Waals surface area contributed by atoms with Crippen LogP contribution >= 0.6 is 12.4 Å². The van der Waals surface area contributed by atoms with Gasteiger partial charge in [0.15, 0.2) is 0 Å². The summed E-state index contributed by atoms with van der Waals surface area (Å²) in [6.45, 7) is 3.67. The Morgan fingerprint density at radius 3 is 2.76 bits per heavy atom. The van der Waals surface area contributed by atoms with Crippen LogP contribution in [-0.2, 0) is 14.3 Å². The van der Waals surface area contributed by atoms with Gasteiger partial charge in [-0.05, 0) is 18.8 Å². The van der Waals surface area contributed by atoms with Crippen molar-refractivity contribution in [2.45, 2.75) is 44.8 Å². The van der Waals surface area contributed by atoms with E-state index >= 15 is 0 Å². The number of nitrogens with one attached hydrogen (secondary N) is 1. The largest absolute Gasteiger partial charge is 0.373 e. The SMILES string of the molecule is CC(=O)NCC1CN(C(=O)C[C@@H]2CCC[C@H]2N)CCO1.Cl. The molecule has 1 aliphatic carbocycles. The predicted molar refractivity (Wildman–Crippen MR) is 82.2 cm³/mol. The van der Waals surface area contributed by atoms with Gasteiger partial charge < -0.3 is 20.7 Å². The maximum Gasteiger partial charge on any atom is 0.223 e. The molecule has 0 spiro atoms. The maximum atomic E-state index is 12.3. The number of rotatable bonds is 4. The summed E-state index contributed by atoms with van der Waals surface area (Å²) in [5.74, 6) is 0.427. The average Bonchev–Trinajstić information content (AvgIpc) is 2.82. The summed E-state index contributed by atoms with van der Waals surface area (Å²) < 4.78 is 5.57. The van der Waals surface area contributed by atoms with Crippen molar-refractivity contribution in [2.75, 3.05) is 26.2 Å². The van der Waals surface area contributed by atoms with Crippen LogP contribution in [-0.4, -0.2) is 55.1 Å². The first-order chi connectivity index (χ1) is 9.56. The molecule has 21 heavy (non-hydrogen) atoms. The normalized spacial score (nSPS) is 28.9. The van der Waals surface area contributed by atoms with Crippen molar-refractivity contribution < 1.29 is 14.3 Å². The third kappa shape index (κ3) is 5.45. The van der Waals surface area contributed by atoms with Crippen LogP contribution in [0.4, 0.5) is 0 Å². The Balaban J connectivity index is 0.00000220. The Hall–Kier alpha value is -0.850. The standard InChI is InChI=1S/C14H25N3O3.ClH/c1-10(18)16-8-12-9-17(5-6-20-12)14(19)7-11-3-2-4-13(11)15;/h11-13H,2-9,15H2,1H3,(H,16,18);1H/t11-,12?,13+;/m0./s1. The molecule has 1 heterocycles. The number of nitrogens with zero attached hydrogens (tertiary/aromatic N) is 1. The van der Waals surface area contributed by atoms with Crippen LogP contribution in [0.2, 0.25) is 0 Å². The minimum Gasteiger partial charge on any atom is -0.373 e. The first-order valence-corrected chi connectivity index (χ1v) is 7.45. The molecule has 1 aliphatic heterocycles. The highest BCUT2D eigenvalue weighted by Gasteiger charge is 2.30. The molecule has 3 atom stereocenters. The van der Waals surface area contributed by atoms with Crippen molar-refractivity contribution in [3.05, 3.63) is 0 Å². The lowest BCUT2D eigenvalue weighted by molar-refractivity contribution is -0.139. The quantitative estimate of drug-likeness (QED) is 0.780. The third-order valence-electron chi connectivity index (χ3n) is 4.22. The van der Waals surface area contributed by atoms with Crippen LogP contribution in [0, 0.1) is 5.92 Å². The van der Waals surface area contributed by atoms with Gasteiger partial charge in [0, 0.05) is 39.0 Å². The van der Waals surface area contributed by atoms with Gasteiger partial charge in [0.05, 0.1) is 12.7 Å². The lowest BCUT2D eigenvalue weighted by Crippen LogP contribution is -2.50. The molecule has 2 fully saturated rings. The highest BCUT2D eigenvalue weighted by atomic mass is 35.5. The minimum atomic E-state index is -0.103. The van der Waals surface area contributed by atoms with E-state index in [2.05, 4.69) is 5.32 Å². The molecule has 0 bridgehead atoms. The number of hydrogen-bond acceptors (Lipinski definition) is 4. The Labute approximate surface area is 132 Å². The molecule has 1 saturated heterocycles. The molecule has 122 valence electrons. The predicted octanol–water partition coefficient (Wildman–Crippen LogP) is 0.289. The van der Waals surface area contributed by atoms with Gasteiger partial charge in [0.1, 0.15) is 0 Å². The van der Waals surface area contributed by atoms with E-state index in [0.29, 0.717) is 38.6 Å². The number of amides is 2. The monoisotopic (exact) mass is 319 g/mol. The van der Waals surface area contributed by atoms with Crippen molar-refractivity contribution in [3.63, 3.8) is 0 Å². The topological polar surface area (TPSA) is 84.7 Å². The first kappa shape index (κ1) is 18.2. The van der Waals surface area contributed by atoms with Crippen LogP contribution in [0.15, 0.2) is 0 Å². The van der Waals surface area contributed by atoms with Crippen LogP contribution in [0.5, 0.6) is 0 Å². The molecule has 0 radical (unpaired) electrons. The van der Waals surface area contributed by atoms with E-state index in [0.717, 1.165) is 19.3 Å². The zero-order valence-corrected chi connectivity index (χ0v) is 13.4. The maximum absolute atomic E-state index is 12.3. The molecule has 6 nitrogen and oxygen atoms in total. The Morgan fingerprint density at radius 2 is 2.14 bits per heavy atom. The number of hydrogen-bond donors (Lipinski definition) is 2. The molecule has 2 aliphatic rings. The van der Waals surface area contributed by atoms with Gasteiger partial charge in [0.2, 0.25) is 11.8 Å². The number of carbonyl (C=O) groups excluding carboxylic acids is 2. The fourth-order valence-corrected chi connectivity index (χ4v) is 3.00. The number of carbonyl (C=O) groups is 2. The second-order valence-corrected chi connectivity index (χ2v) is 5.83. The first-order valence-electron chi connectivity index (χ1n) is 7.45. The van der Waals surface area contributed by atoms with Gasteiger partial charge in [-0.1, -0.05) is 6.42 Å². The summed E-state index contributed by atoms with van der Waals surface area (Å²) in [6, 6.07) is 0.176. The van der Waals surface area contributed by atoms with Crippen molar-refractivity contribution in [1.82, 2.24) is 10.2 Å². The highest BCUT2D eigenvalue weighted by Crippen LogP contribution is 2.27. The summed E-state index contributed by atoms with van der Waals surface area (Å²) in [4.78, 5) is 25.1. The van der Waals surface area contributed by atoms with Gasteiger partial charge >= 0.3 is 0 Å². The Kier molecular flexibility index (Phi) is 7.42. The zero-order chi connectivity index (χ0) is 14.5. The molecular weight excluding hydrogens is 294 g/mol. The molecular formula is C14H26ClN3O3. The zero-order valence-electron chi connectivity index (χ0n) is 12.5. The van der Waals surface area contributed by atoms with E-state index in [1.54, 1.807) is 0 Å². The van der Waals surface area contributed by atoms with E-state index in [1.165, 1.54) is 6.92 Å². The lowest BCUT2D eigenvalue weighted by Gasteiger charge is -2.34. The molecule has 2 amide bonds. The van der Waals surface area contributed by atoms with Crippen molar-refractivity contribution >= 4 is 24.2 Å². The third-order valence-corrected chi connectivity index (χ3v) is 4.22. The van der Waals surface area contributed by atoms with Crippen molar-refractivity contribution in [3.8, 4) is 0 Å². The van der Waals surface area contributed by atoms with E-state index in [4.69, 9.17) is 10.5 Å². The Bertz CT molecular complexity index is 367. The van der Waals surface area contributed by atoms with Gasteiger partial charge in [0.25, 0.3) is 0 Å². The summed E-state index contributed by atoms with van der Waals surface area (Å²) in [7, 11) is 0.